The van der Waals surface area contributed by atoms with E-state index in [-0.39, 0.29) is 10.9 Å². The first-order valence-corrected chi connectivity index (χ1v) is 14.8. The lowest BCUT2D eigenvalue weighted by molar-refractivity contribution is 0.141. The molecule has 1 aliphatic heterocycles. The molecule has 9 nitrogen and oxygen atoms in total. The SMILES string of the molecule is C[C@@H](c1nc(NCc2ccccc2)c2ccccc2n1)N1CCN(S(=O)(=O)c2ccc(-n3cccn3)cc2)CC1. The maximum Gasteiger partial charge on any atom is 0.243 e. The van der Waals surface area contributed by atoms with Gasteiger partial charge in [-0.3, -0.25) is 4.90 Å². The quantitative estimate of drug-likeness (QED) is 0.302. The third kappa shape index (κ3) is 5.33. The zero-order valence-electron chi connectivity index (χ0n) is 22.3. The van der Waals surface area contributed by atoms with Crippen LogP contribution in [-0.2, 0) is 16.6 Å². The predicted molar refractivity (Wildman–Crippen MR) is 156 cm³/mol. The van der Waals surface area contributed by atoms with Gasteiger partial charge in [0, 0.05) is 50.5 Å². The van der Waals surface area contributed by atoms with Crippen LogP contribution in [0.4, 0.5) is 5.82 Å². The van der Waals surface area contributed by atoms with Crippen molar-refractivity contribution in [3.63, 3.8) is 0 Å². The van der Waals surface area contributed by atoms with E-state index in [9.17, 15) is 8.42 Å². The van der Waals surface area contributed by atoms with Gasteiger partial charge in [0.2, 0.25) is 10.0 Å². The molecule has 0 saturated carbocycles. The number of hydrogen-bond donors (Lipinski definition) is 1. The number of fused-ring (bicyclic) bond motifs is 1. The van der Waals surface area contributed by atoms with Gasteiger partial charge in [0.1, 0.15) is 11.6 Å². The maximum atomic E-state index is 13.4. The first kappa shape index (κ1) is 26.1. The number of benzene rings is 3. The summed E-state index contributed by atoms with van der Waals surface area (Å²) in [4.78, 5) is 12.3. The van der Waals surface area contributed by atoms with E-state index in [1.807, 2.05) is 54.7 Å². The molecule has 0 amide bonds. The van der Waals surface area contributed by atoms with Gasteiger partial charge >= 0.3 is 0 Å². The Balaban J connectivity index is 1.15. The van der Waals surface area contributed by atoms with Gasteiger partial charge in [0.25, 0.3) is 0 Å². The summed E-state index contributed by atoms with van der Waals surface area (Å²) in [6.45, 7) is 4.74. The molecule has 5 aromatic rings. The van der Waals surface area contributed by atoms with Crippen molar-refractivity contribution in [1.29, 1.82) is 0 Å². The summed E-state index contributed by atoms with van der Waals surface area (Å²) >= 11 is 0. The summed E-state index contributed by atoms with van der Waals surface area (Å²) in [6.07, 6.45) is 3.52. The Labute approximate surface area is 234 Å². The molecule has 3 aromatic carbocycles. The minimum absolute atomic E-state index is 0.0694. The van der Waals surface area contributed by atoms with Crippen molar-refractivity contribution in [3.8, 4) is 5.69 Å². The zero-order chi connectivity index (χ0) is 27.5. The lowest BCUT2D eigenvalue weighted by Gasteiger charge is -2.36. The Morgan fingerprint density at radius 1 is 0.850 bits per heavy atom. The van der Waals surface area contributed by atoms with Crippen LogP contribution in [-0.4, -0.2) is 63.6 Å². The molecule has 1 saturated heterocycles. The summed E-state index contributed by atoms with van der Waals surface area (Å²) in [5, 5.41) is 8.67. The normalized spacial score (nSPS) is 15.7. The number of nitrogens with one attached hydrogen (secondary N) is 1. The maximum absolute atomic E-state index is 13.4. The van der Waals surface area contributed by atoms with Crippen LogP contribution in [0.1, 0.15) is 24.4 Å². The van der Waals surface area contributed by atoms with Crippen molar-refractivity contribution in [3.05, 3.63) is 109 Å². The molecule has 0 spiro atoms. The van der Waals surface area contributed by atoms with Gasteiger partial charge < -0.3 is 5.32 Å². The molecule has 0 bridgehead atoms. The largest absolute Gasteiger partial charge is 0.365 e. The van der Waals surface area contributed by atoms with Gasteiger partial charge in [-0.2, -0.15) is 9.40 Å². The second-order valence-electron chi connectivity index (χ2n) is 9.85. The lowest BCUT2D eigenvalue weighted by atomic mass is 10.2. The standard InChI is InChI=1S/C30H31N7O2S/c1-23(29-33-28-11-6-5-10-27(28)30(34-29)31-22-24-8-3-2-4-9-24)35-18-20-36(21-19-35)40(38,39)26-14-12-25(13-15-26)37-17-7-16-32-37/h2-17,23H,18-22H2,1H3,(H,31,33,34)/t23-/m0/s1. The Hall–Kier alpha value is -4.12. The predicted octanol–water partition coefficient (Wildman–Crippen LogP) is 4.50. The number of nitrogens with zero attached hydrogens (tertiary/aromatic N) is 6. The fourth-order valence-electron chi connectivity index (χ4n) is 5.03. The number of anilines is 1. The molecule has 204 valence electrons. The molecule has 0 radical (unpaired) electrons. The number of hydrogen-bond acceptors (Lipinski definition) is 7. The van der Waals surface area contributed by atoms with E-state index in [0.717, 1.165) is 28.2 Å². The Bertz CT molecular complexity index is 1680. The lowest BCUT2D eigenvalue weighted by Crippen LogP contribution is -2.49. The van der Waals surface area contributed by atoms with Crippen molar-refractivity contribution in [2.75, 3.05) is 31.5 Å². The van der Waals surface area contributed by atoms with Gasteiger partial charge in [-0.25, -0.2) is 23.1 Å². The minimum atomic E-state index is -3.59. The first-order chi connectivity index (χ1) is 19.5. The Morgan fingerprint density at radius 2 is 1.57 bits per heavy atom. The highest BCUT2D eigenvalue weighted by Gasteiger charge is 2.31. The number of piperazine rings is 1. The smallest absolute Gasteiger partial charge is 0.243 e. The van der Waals surface area contributed by atoms with Crippen LogP contribution in [0.15, 0.2) is 102 Å². The summed E-state index contributed by atoms with van der Waals surface area (Å²) < 4.78 is 30.0. The fourth-order valence-corrected chi connectivity index (χ4v) is 6.46. The van der Waals surface area contributed by atoms with Gasteiger partial charge in [0.05, 0.1) is 22.1 Å². The zero-order valence-corrected chi connectivity index (χ0v) is 23.1. The van der Waals surface area contributed by atoms with E-state index < -0.39 is 10.0 Å². The number of sulfonamides is 1. The third-order valence-electron chi connectivity index (χ3n) is 7.36. The van der Waals surface area contributed by atoms with Crippen molar-refractivity contribution in [2.45, 2.75) is 24.4 Å². The van der Waals surface area contributed by atoms with Gasteiger partial charge in [0.15, 0.2) is 0 Å². The molecule has 3 heterocycles. The van der Waals surface area contributed by atoms with Crippen LogP contribution in [0.25, 0.3) is 16.6 Å². The van der Waals surface area contributed by atoms with E-state index in [1.165, 1.54) is 5.56 Å². The van der Waals surface area contributed by atoms with Crippen molar-refractivity contribution < 1.29 is 8.42 Å². The molecule has 1 atom stereocenters. The van der Waals surface area contributed by atoms with Crippen LogP contribution < -0.4 is 5.32 Å². The minimum Gasteiger partial charge on any atom is -0.365 e. The molecular weight excluding hydrogens is 522 g/mol. The van der Waals surface area contributed by atoms with Gasteiger partial charge in [-0.15, -0.1) is 0 Å². The van der Waals surface area contributed by atoms with Gasteiger partial charge in [-0.1, -0.05) is 42.5 Å². The molecule has 0 unspecified atom stereocenters. The fraction of sp³-hybridized carbons (Fsp3) is 0.233. The summed E-state index contributed by atoms with van der Waals surface area (Å²) in [6, 6.07) is 26.8. The van der Waals surface area contributed by atoms with Crippen molar-refractivity contribution >= 4 is 26.7 Å². The van der Waals surface area contributed by atoms with Crippen LogP contribution in [0.5, 0.6) is 0 Å². The molecule has 1 aliphatic rings. The molecule has 1 N–H and O–H groups in total. The summed E-state index contributed by atoms with van der Waals surface area (Å²) in [5.74, 6) is 1.52. The van der Waals surface area contributed by atoms with Crippen molar-refractivity contribution in [2.24, 2.45) is 0 Å². The highest BCUT2D eigenvalue weighted by atomic mass is 32.2. The molecule has 40 heavy (non-hydrogen) atoms. The number of para-hydroxylation sites is 1. The molecule has 0 aliphatic carbocycles. The number of rotatable bonds is 8. The van der Waals surface area contributed by atoms with Crippen LogP contribution in [0.2, 0.25) is 0 Å². The van der Waals surface area contributed by atoms with Gasteiger partial charge in [-0.05, 0) is 55.0 Å². The third-order valence-corrected chi connectivity index (χ3v) is 9.27. The Kier molecular flexibility index (Phi) is 7.29. The van der Waals surface area contributed by atoms with Crippen LogP contribution >= 0.6 is 0 Å². The van der Waals surface area contributed by atoms with E-state index in [1.54, 1.807) is 39.4 Å². The van der Waals surface area contributed by atoms with E-state index >= 15 is 0 Å². The second kappa shape index (κ2) is 11.2. The van der Waals surface area contributed by atoms with E-state index in [0.29, 0.717) is 32.7 Å². The van der Waals surface area contributed by atoms with Crippen LogP contribution in [0.3, 0.4) is 0 Å². The molecule has 6 rings (SSSR count). The first-order valence-electron chi connectivity index (χ1n) is 13.4. The van der Waals surface area contributed by atoms with Crippen LogP contribution in [0, 0.1) is 0 Å². The highest BCUT2D eigenvalue weighted by molar-refractivity contribution is 7.89. The molecule has 10 heteroatoms. The topological polar surface area (TPSA) is 96.3 Å². The van der Waals surface area contributed by atoms with Crippen molar-refractivity contribution in [1.82, 2.24) is 29.0 Å². The van der Waals surface area contributed by atoms with E-state index in [4.69, 9.17) is 9.97 Å². The monoisotopic (exact) mass is 553 g/mol. The molecular formula is C30H31N7O2S. The Morgan fingerprint density at radius 3 is 2.30 bits per heavy atom. The second-order valence-corrected chi connectivity index (χ2v) is 11.8. The highest BCUT2D eigenvalue weighted by Crippen LogP contribution is 2.27. The molecule has 2 aromatic heterocycles. The average Bonchev–Trinajstić information content (AvgIpc) is 3.55. The number of aromatic nitrogens is 4. The average molecular weight is 554 g/mol. The van der Waals surface area contributed by atoms with E-state index in [2.05, 4.69) is 34.4 Å². The summed E-state index contributed by atoms with van der Waals surface area (Å²) in [7, 11) is -3.59. The summed E-state index contributed by atoms with van der Waals surface area (Å²) in [5.41, 5.74) is 2.87. The molecule has 1 fully saturated rings.